The summed E-state index contributed by atoms with van der Waals surface area (Å²) in [5.74, 6) is 0.274. The molecule has 0 saturated heterocycles. The fourth-order valence-electron chi connectivity index (χ4n) is 1.19. The standard InChI is InChI=1S/C10H7Cl2IN4O/c1-18-10-16-8(12)15-9(17-10)14-7-4-5(13)2-3-6(7)11/h2-4H,1H3,(H,14,15,16,17). The van der Waals surface area contributed by atoms with E-state index in [-0.39, 0.29) is 17.2 Å². The van der Waals surface area contributed by atoms with E-state index >= 15 is 0 Å². The quantitative estimate of drug-likeness (QED) is 0.804. The van der Waals surface area contributed by atoms with Gasteiger partial charge in [0, 0.05) is 3.57 Å². The second-order valence-corrected chi connectivity index (χ2v) is 5.15. The number of nitrogens with zero attached hydrogens (tertiary/aromatic N) is 3. The van der Waals surface area contributed by atoms with Gasteiger partial charge in [-0.1, -0.05) is 11.6 Å². The molecule has 0 saturated carbocycles. The lowest BCUT2D eigenvalue weighted by atomic mass is 10.3. The molecule has 2 aromatic rings. The maximum absolute atomic E-state index is 6.06. The molecule has 1 aromatic heterocycles. The van der Waals surface area contributed by atoms with E-state index in [1.54, 1.807) is 6.07 Å². The first-order valence-corrected chi connectivity index (χ1v) is 6.59. The lowest BCUT2D eigenvalue weighted by Crippen LogP contribution is -2.02. The molecule has 0 aliphatic rings. The Labute approximate surface area is 127 Å². The lowest BCUT2D eigenvalue weighted by Gasteiger charge is -2.08. The van der Waals surface area contributed by atoms with Gasteiger partial charge in [0.25, 0.3) is 0 Å². The van der Waals surface area contributed by atoms with Gasteiger partial charge in [-0.3, -0.25) is 0 Å². The van der Waals surface area contributed by atoms with E-state index in [0.717, 1.165) is 3.57 Å². The fourth-order valence-corrected chi connectivity index (χ4v) is 2.00. The zero-order chi connectivity index (χ0) is 13.1. The molecule has 8 heteroatoms. The van der Waals surface area contributed by atoms with Crippen LogP contribution in [0.25, 0.3) is 0 Å². The predicted octanol–water partition coefficient (Wildman–Crippen LogP) is 3.54. The Hall–Kier alpha value is -0.860. The van der Waals surface area contributed by atoms with Crippen LogP contribution in [0.4, 0.5) is 11.6 Å². The van der Waals surface area contributed by atoms with Crippen molar-refractivity contribution in [2.24, 2.45) is 0 Å². The van der Waals surface area contributed by atoms with Crippen molar-refractivity contribution in [2.45, 2.75) is 0 Å². The van der Waals surface area contributed by atoms with Crippen molar-refractivity contribution in [2.75, 3.05) is 12.4 Å². The minimum absolute atomic E-state index is 0.0473. The second kappa shape index (κ2) is 5.85. The highest BCUT2D eigenvalue weighted by Gasteiger charge is 2.07. The number of anilines is 2. The van der Waals surface area contributed by atoms with E-state index < -0.39 is 0 Å². The number of benzene rings is 1. The number of nitrogens with one attached hydrogen (secondary N) is 1. The molecule has 0 fully saturated rings. The van der Waals surface area contributed by atoms with E-state index in [2.05, 4.69) is 42.9 Å². The van der Waals surface area contributed by atoms with Gasteiger partial charge in [-0.25, -0.2) is 0 Å². The fraction of sp³-hybridized carbons (Fsp3) is 0.100. The summed E-state index contributed by atoms with van der Waals surface area (Å²) < 4.78 is 5.94. The number of aromatic nitrogens is 3. The summed E-state index contributed by atoms with van der Waals surface area (Å²) in [4.78, 5) is 11.7. The van der Waals surface area contributed by atoms with Crippen LogP contribution in [0.2, 0.25) is 10.3 Å². The SMILES string of the molecule is COc1nc(Cl)nc(Nc2cc(I)ccc2Cl)n1. The van der Waals surface area contributed by atoms with Gasteiger partial charge in [-0.15, -0.1) is 0 Å². The van der Waals surface area contributed by atoms with E-state index in [1.807, 2.05) is 12.1 Å². The first kappa shape index (κ1) is 13.6. The van der Waals surface area contributed by atoms with Crippen molar-refractivity contribution in [3.63, 3.8) is 0 Å². The van der Waals surface area contributed by atoms with Gasteiger partial charge in [0.2, 0.25) is 11.2 Å². The Bertz CT molecular complexity index is 582. The minimum atomic E-state index is 0.0473. The molecule has 5 nitrogen and oxygen atoms in total. The monoisotopic (exact) mass is 396 g/mol. The van der Waals surface area contributed by atoms with Gasteiger partial charge < -0.3 is 10.1 Å². The number of rotatable bonds is 3. The lowest BCUT2D eigenvalue weighted by molar-refractivity contribution is 0.379. The molecule has 2 rings (SSSR count). The van der Waals surface area contributed by atoms with Crippen LogP contribution in [-0.2, 0) is 0 Å². The molecule has 0 aliphatic carbocycles. The van der Waals surface area contributed by atoms with Crippen LogP contribution in [0.1, 0.15) is 0 Å². The normalized spacial score (nSPS) is 10.2. The van der Waals surface area contributed by atoms with Crippen molar-refractivity contribution >= 4 is 57.4 Å². The van der Waals surface area contributed by atoms with Crippen molar-refractivity contribution in [3.05, 3.63) is 32.1 Å². The zero-order valence-corrected chi connectivity index (χ0v) is 12.8. The number of ether oxygens (including phenoxy) is 1. The van der Waals surface area contributed by atoms with Crippen molar-refractivity contribution < 1.29 is 4.74 Å². The van der Waals surface area contributed by atoms with E-state index in [1.165, 1.54) is 7.11 Å². The molecule has 0 atom stereocenters. The third-order valence-electron chi connectivity index (χ3n) is 1.95. The minimum Gasteiger partial charge on any atom is -0.467 e. The average Bonchev–Trinajstić information content (AvgIpc) is 2.33. The molecule has 18 heavy (non-hydrogen) atoms. The first-order valence-electron chi connectivity index (χ1n) is 4.76. The highest BCUT2D eigenvalue weighted by Crippen LogP contribution is 2.26. The molecule has 0 spiro atoms. The predicted molar refractivity (Wildman–Crippen MR) is 78.8 cm³/mol. The van der Waals surface area contributed by atoms with Crippen LogP contribution >= 0.6 is 45.8 Å². The van der Waals surface area contributed by atoms with Crippen molar-refractivity contribution in [3.8, 4) is 6.01 Å². The van der Waals surface area contributed by atoms with Crippen molar-refractivity contribution in [1.82, 2.24) is 15.0 Å². The van der Waals surface area contributed by atoms with Crippen LogP contribution in [0.15, 0.2) is 18.2 Å². The van der Waals surface area contributed by atoms with Gasteiger partial charge >= 0.3 is 6.01 Å². The van der Waals surface area contributed by atoms with Crippen LogP contribution in [0, 0.1) is 3.57 Å². The first-order chi connectivity index (χ1) is 8.58. The molecular formula is C10H7Cl2IN4O. The summed E-state index contributed by atoms with van der Waals surface area (Å²) in [6.45, 7) is 0. The van der Waals surface area contributed by atoms with Crippen LogP contribution < -0.4 is 10.1 Å². The maximum atomic E-state index is 6.06. The molecule has 1 heterocycles. The van der Waals surface area contributed by atoms with Gasteiger partial charge in [0.15, 0.2) is 0 Å². The Morgan fingerprint density at radius 1 is 1.22 bits per heavy atom. The summed E-state index contributed by atoms with van der Waals surface area (Å²) in [6.07, 6.45) is 0. The Balaban J connectivity index is 2.33. The van der Waals surface area contributed by atoms with E-state index in [9.17, 15) is 0 Å². The molecule has 0 amide bonds. The zero-order valence-electron chi connectivity index (χ0n) is 9.12. The summed E-state index contributed by atoms with van der Waals surface area (Å²) in [5, 5.41) is 3.57. The highest BCUT2D eigenvalue weighted by molar-refractivity contribution is 14.1. The molecular weight excluding hydrogens is 390 g/mol. The smallest absolute Gasteiger partial charge is 0.322 e. The van der Waals surface area contributed by atoms with Gasteiger partial charge in [-0.05, 0) is 52.4 Å². The molecule has 0 radical (unpaired) electrons. The van der Waals surface area contributed by atoms with Gasteiger partial charge in [0.05, 0.1) is 17.8 Å². The number of halogens is 3. The molecule has 94 valence electrons. The Kier molecular flexibility index (Phi) is 4.41. The summed E-state index contributed by atoms with van der Waals surface area (Å²) in [7, 11) is 1.45. The third-order valence-corrected chi connectivity index (χ3v) is 3.11. The van der Waals surface area contributed by atoms with Gasteiger partial charge in [-0.2, -0.15) is 15.0 Å². The maximum Gasteiger partial charge on any atom is 0.322 e. The van der Waals surface area contributed by atoms with E-state index in [4.69, 9.17) is 27.9 Å². The topological polar surface area (TPSA) is 59.9 Å². The highest BCUT2D eigenvalue weighted by atomic mass is 127. The van der Waals surface area contributed by atoms with Crippen LogP contribution in [0.5, 0.6) is 6.01 Å². The van der Waals surface area contributed by atoms with Crippen LogP contribution in [-0.4, -0.2) is 22.1 Å². The Morgan fingerprint density at radius 2 is 2.00 bits per heavy atom. The summed E-state index contributed by atoms with van der Waals surface area (Å²) >= 11 is 14.0. The van der Waals surface area contributed by atoms with Crippen molar-refractivity contribution in [1.29, 1.82) is 0 Å². The van der Waals surface area contributed by atoms with Gasteiger partial charge in [0.1, 0.15) is 0 Å². The molecule has 0 aliphatic heterocycles. The second-order valence-electron chi connectivity index (χ2n) is 3.16. The molecule has 0 unspecified atom stereocenters. The summed E-state index contributed by atoms with van der Waals surface area (Å²) in [6, 6.07) is 5.69. The number of hydrogen-bond donors (Lipinski definition) is 1. The molecule has 1 aromatic carbocycles. The summed E-state index contributed by atoms with van der Waals surface area (Å²) in [5.41, 5.74) is 0.688. The molecule has 1 N–H and O–H groups in total. The largest absolute Gasteiger partial charge is 0.467 e. The third kappa shape index (κ3) is 3.33. The Morgan fingerprint density at radius 3 is 2.72 bits per heavy atom. The molecule has 0 bridgehead atoms. The van der Waals surface area contributed by atoms with Crippen LogP contribution in [0.3, 0.4) is 0 Å². The average molecular weight is 397 g/mol. The van der Waals surface area contributed by atoms with E-state index in [0.29, 0.717) is 10.7 Å². The number of hydrogen-bond acceptors (Lipinski definition) is 5. The number of methoxy groups -OCH3 is 1.